The second-order valence-corrected chi connectivity index (χ2v) is 3.78. The number of rotatable bonds is 1. The van der Waals surface area contributed by atoms with E-state index in [2.05, 4.69) is 42.6 Å². The number of ether oxygens (including phenoxy) is 1. The summed E-state index contributed by atoms with van der Waals surface area (Å²) in [5.41, 5.74) is 2.95. The minimum absolute atomic E-state index is 0.692. The first-order valence-corrected chi connectivity index (χ1v) is 4.90. The van der Waals surface area contributed by atoms with E-state index in [1.807, 2.05) is 6.08 Å². The average Bonchev–Trinajstić information content (AvgIpc) is 2.03. The van der Waals surface area contributed by atoms with Gasteiger partial charge < -0.3 is 4.74 Å². The van der Waals surface area contributed by atoms with Crippen LogP contribution in [0.3, 0.4) is 0 Å². The van der Waals surface area contributed by atoms with Crippen LogP contribution in [-0.2, 0) is 4.74 Å². The molecule has 0 N–H and O–H groups in total. The molecule has 0 bridgehead atoms. The van der Waals surface area contributed by atoms with Crippen LogP contribution in [-0.4, -0.2) is 11.7 Å². The molecular formula is C8H7Br2NO. The SMILES string of the molecule is COC1=CCC(Br)=C=C/N=C\1Br. The van der Waals surface area contributed by atoms with E-state index in [0.717, 1.165) is 16.7 Å². The summed E-state index contributed by atoms with van der Waals surface area (Å²) in [7, 11) is 1.62. The lowest BCUT2D eigenvalue weighted by atomic mass is 10.3. The van der Waals surface area contributed by atoms with Gasteiger partial charge in [-0.2, -0.15) is 0 Å². The monoisotopic (exact) mass is 291 g/mol. The van der Waals surface area contributed by atoms with Gasteiger partial charge in [0.15, 0.2) is 0 Å². The molecule has 2 nitrogen and oxygen atoms in total. The summed E-state index contributed by atoms with van der Waals surface area (Å²) in [6.07, 6.45) is 4.29. The third-order valence-electron chi connectivity index (χ3n) is 1.29. The van der Waals surface area contributed by atoms with Crippen molar-refractivity contribution in [1.82, 2.24) is 0 Å². The van der Waals surface area contributed by atoms with Gasteiger partial charge in [0.05, 0.1) is 13.3 Å². The zero-order valence-corrected chi connectivity index (χ0v) is 9.65. The van der Waals surface area contributed by atoms with Crippen LogP contribution in [0.15, 0.2) is 33.2 Å². The van der Waals surface area contributed by atoms with Crippen LogP contribution < -0.4 is 0 Å². The lowest BCUT2D eigenvalue weighted by Crippen LogP contribution is -1.96. The fourth-order valence-corrected chi connectivity index (χ4v) is 1.41. The molecule has 0 atom stereocenters. The maximum Gasteiger partial charge on any atom is 0.148 e. The van der Waals surface area contributed by atoms with Gasteiger partial charge in [0.25, 0.3) is 0 Å². The number of allylic oxidation sites excluding steroid dienone is 3. The van der Waals surface area contributed by atoms with Crippen molar-refractivity contribution >= 4 is 36.5 Å². The Kier molecular flexibility index (Phi) is 3.79. The molecule has 0 saturated heterocycles. The number of hydrogen-bond acceptors (Lipinski definition) is 2. The van der Waals surface area contributed by atoms with E-state index >= 15 is 0 Å². The number of methoxy groups -OCH3 is 1. The van der Waals surface area contributed by atoms with Crippen LogP contribution in [0, 0.1) is 0 Å². The minimum atomic E-state index is 0.692. The first-order chi connectivity index (χ1) is 5.74. The van der Waals surface area contributed by atoms with Crippen molar-refractivity contribution in [2.45, 2.75) is 6.42 Å². The molecule has 12 heavy (non-hydrogen) atoms. The molecular weight excluding hydrogens is 286 g/mol. The van der Waals surface area contributed by atoms with Crippen LogP contribution in [0.2, 0.25) is 0 Å². The highest BCUT2D eigenvalue weighted by atomic mass is 79.9. The molecule has 0 aromatic rings. The summed E-state index contributed by atoms with van der Waals surface area (Å²) >= 11 is 6.62. The van der Waals surface area contributed by atoms with E-state index in [4.69, 9.17) is 4.74 Å². The van der Waals surface area contributed by atoms with E-state index < -0.39 is 0 Å². The number of halogens is 2. The Balaban J connectivity index is 2.97. The van der Waals surface area contributed by atoms with Crippen LogP contribution in [0.5, 0.6) is 0 Å². The largest absolute Gasteiger partial charge is 0.494 e. The lowest BCUT2D eigenvalue weighted by Gasteiger charge is -2.03. The van der Waals surface area contributed by atoms with Crippen molar-refractivity contribution in [3.63, 3.8) is 0 Å². The highest BCUT2D eigenvalue weighted by Gasteiger charge is 2.03. The molecule has 1 rings (SSSR count). The third-order valence-corrected chi connectivity index (χ3v) is 2.44. The summed E-state index contributed by atoms with van der Waals surface area (Å²) in [4.78, 5) is 4.04. The minimum Gasteiger partial charge on any atom is -0.494 e. The molecule has 0 aromatic carbocycles. The average molecular weight is 293 g/mol. The molecule has 0 spiro atoms. The summed E-state index contributed by atoms with van der Waals surface area (Å²) < 4.78 is 6.74. The second-order valence-electron chi connectivity index (χ2n) is 2.07. The first kappa shape index (κ1) is 9.78. The first-order valence-electron chi connectivity index (χ1n) is 3.31. The van der Waals surface area contributed by atoms with Crippen molar-refractivity contribution in [3.05, 3.63) is 28.2 Å². The number of aliphatic imine (C=N–C) groups is 1. The van der Waals surface area contributed by atoms with Crippen LogP contribution in [0.1, 0.15) is 6.42 Å². The molecule has 0 aliphatic carbocycles. The Bertz CT molecular complexity index is 298. The van der Waals surface area contributed by atoms with Gasteiger partial charge in [0.2, 0.25) is 0 Å². The molecule has 1 aliphatic rings. The van der Waals surface area contributed by atoms with Gasteiger partial charge in [-0.05, 0) is 37.9 Å². The van der Waals surface area contributed by atoms with Crippen LogP contribution >= 0.6 is 31.9 Å². The fourth-order valence-electron chi connectivity index (χ4n) is 0.716. The highest BCUT2D eigenvalue weighted by molar-refractivity contribution is 9.18. The smallest absolute Gasteiger partial charge is 0.148 e. The van der Waals surface area contributed by atoms with Gasteiger partial charge in [-0.15, -0.1) is 0 Å². The molecule has 0 aromatic heterocycles. The van der Waals surface area contributed by atoms with Gasteiger partial charge >= 0.3 is 0 Å². The Labute approximate surface area is 88.0 Å². The Morgan fingerprint density at radius 2 is 2.33 bits per heavy atom. The highest BCUT2D eigenvalue weighted by Crippen LogP contribution is 2.16. The Hall–Kier alpha value is -0.310. The quantitative estimate of drug-likeness (QED) is 0.681. The normalized spacial score (nSPS) is 21.4. The third kappa shape index (κ3) is 2.63. The predicted octanol–water partition coefficient (Wildman–Crippen LogP) is 3.11. The molecule has 64 valence electrons. The molecule has 1 heterocycles. The van der Waals surface area contributed by atoms with E-state index in [9.17, 15) is 0 Å². The van der Waals surface area contributed by atoms with Gasteiger partial charge in [0, 0.05) is 10.9 Å². The molecule has 0 amide bonds. The molecule has 0 unspecified atom stereocenters. The molecule has 4 heteroatoms. The van der Waals surface area contributed by atoms with Crippen molar-refractivity contribution in [1.29, 1.82) is 0 Å². The zero-order valence-electron chi connectivity index (χ0n) is 6.47. The Morgan fingerprint density at radius 1 is 1.58 bits per heavy atom. The predicted molar refractivity (Wildman–Crippen MR) is 56.6 cm³/mol. The van der Waals surface area contributed by atoms with Crippen molar-refractivity contribution in [3.8, 4) is 0 Å². The van der Waals surface area contributed by atoms with Gasteiger partial charge in [-0.1, -0.05) is 5.73 Å². The van der Waals surface area contributed by atoms with Gasteiger partial charge in [0.1, 0.15) is 10.4 Å². The summed E-state index contributed by atoms with van der Waals surface area (Å²) in [6, 6.07) is 0. The van der Waals surface area contributed by atoms with E-state index in [0.29, 0.717) is 4.62 Å². The molecule has 1 aliphatic heterocycles. The summed E-state index contributed by atoms with van der Waals surface area (Å²) in [5, 5.41) is 0. The van der Waals surface area contributed by atoms with E-state index in [1.54, 1.807) is 13.3 Å². The van der Waals surface area contributed by atoms with Gasteiger partial charge in [-0.25, -0.2) is 4.99 Å². The second kappa shape index (κ2) is 4.65. The van der Waals surface area contributed by atoms with E-state index in [-0.39, 0.29) is 0 Å². The maximum atomic E-state index is 5.09. The summed E-state index contributed by atoms with van der Waals surface area (Å²) in [6.45, 7) is 0. The molecule has 0 radical (unpaired) electrons. The molecule has 0 fully saturated rings. The molecule has 0 saturated carbocycles. The van der Waals surface area contributed by atoms with Gasteiger partial charge in [-0.3, -0.25) is 0 Å². The Morgan fingerprint density at radius 3 is 3.00 bits per heavy atom. The van der Waals surface area contributed by atoms with Crippen LogP contribution in [0.25, 0.3) is 0 Å². The van der Waals surface area contributed by atoms with Crippen molar-refractivity contribution in [2.24, 2.45) is 4.99 Å². The standard InChI is InChI=1S/C8H7Br2NO/c1-12-7-3-2-6(9)4-5-11-8(7)10/h3,5H,2H2,1H3/b7-3?,11-8+. The number of nitrogens with zero attached hydrogens (tertiary/aromatic N) is 1. The number of hydrogen-bond donors (Lipinski definition) is 0. The fraction of sp³-hybridized carbons (Fsp3) is 0.250. The summed E-state index contributed by atoms with van der Waals surface area (Å²) in [5.74, 6) is 0.740. The lowest BCUT2D eigenvalue weighted by molar-refractivity contribution is 0.315. The topological polar surface area (TPSA) is 21.6 Å². The van der Waals surface area contributed by atoms with Crippen molar-refractivity contribution < 1.29 is 4.74 Å². The maximum absolute atomic E-state index is 5.09. The van der Waals surface area contributed by atoms with Crippen molar-refractivity contribution in [2.75, 3.05) is 7.11 Å². The van der Waals surface area contributed by atoms with E-state index in [1.165, 1.54) is 0 Å². The van der Waals surface area contributed by atoms with Crippen LogP contribution in [0.4, 0.5) is 0 Å². The zero-order chi connectivity index (χ0) is 8.97.